The molecule has 2 aromatic carbocycles. The number of piperidine rings is 1. The van der Waals surface area contributed by atoms with Gasteiger partial charge in [-0.25, -0.2) is 4.79 Å². The minimum absolute atomic E-state index is 0.0750. The first-order valence-corrected chi connectivity index (χ1v) is 13.7. The van der Waals surface area contributed by atoms with Crippen molar-refractivity contribution in [1.82, 2.24) is 9.21 Å². The van der Waals surface area contributed by atoms with Crippen molar-refractivity contribution in [2.45, 2.75) is 62.9 Å². The number of aliphatic carboxylic acids is 1. The van der Waals surface area contributed by atoms with Gasteiger partial charge in [-0.2, -0.15) is 0 Å². The van der Waals surface area contributed by atoms with Crippen LogP contribution in [-0.2, 0) is 31.2 Å². The van der Waals surface area contributed by atoms with Gasteiger partial charge in [0.05, 0.1) is 13.2 Å². The summed E-state index contributed by atoms with van der Waals surface area (Å²) in [6.45, 7) is 8.07. The van der Waals surface area contributed by atoms with Gasteiger partial charge in [0.2, 0.25) is 5.91 Å². The highest BCUT2D eigenvalue weighted by molar-refractivity contribution is 7.90. The van der Waals surface area contributed by atoms with E-state index in [4.69, 9.17) is 9.47 Å². The van der Waals surface area contributed by atoms with Crippen molar-refractivity contribution in [3.05, 3.63) is 60.2 Å². The number of para-hydroxylation sites is 1. The molecule has 0 bridgehead atoms. The Balaban J connectivity index is 1.43. The number of hydrogen-bond donors (Lipinski definition) is 1. The molecule has 0 aromatic heterocycles. The van der Waals surface area contributed by atoms with Crippen LogP contribution in [0.1, 0.15) is 46.1 Å². The molecule has 198 valence electrons. The van der Waals surface area contributed by atoms with Crippen molar-refractivity contribution in [2.24, 2.45) is 5.41 Å². The maximum absolute atomic E-state index is 13.9. The highest BCUT2D eigenvalue weighted by atomic mass is 32.2. The lowest BCUT2D eigenvalue weighted by Crippen LogP contribution is -2.65. The van der Waals surface area contributed by atoms with Crippen molar-refractivity contribution in [3.8, 4) is 11.5 Å². The molecule has 2 saturated heterocycles. The van der Waals surface area contributed by atoms with E-state index in [1.807, 2.05) is 82.3 Å². The number of hydrogen-bond acceptors (Lipinski definition) is 6. The second-order valence-corrected chi connectivity index (χ2v) is 13.8. The first-order valence-electron chi connectivity index (χ1n) is 12.6. The number of carbonyl (C=O) groups excluding carboxylic acids is 1. The molecule has 1 unspecified atom stereocenters. The number of benzene rings is 2. The predicted molar refractivity (Wildman–Crippen MR) is 139 cm³/mol. The molecule has 2 heterocycles. The Kier molecular flexibility index (Phi) is 6.55. The summed E-state index contributed by atoms with van der Waals surface area (Å²) >= 11 is -1.55. The molecule has 5 rings (SSSR count). The summed E-state index contributed by atoms with van der Waals surface area (Å²) in [6.07, 6.45) is 1.26. The quantitative estimate of drug-likeness (QED) is 0.520. The molecule has 1 amide bonds. The lowest BCUT2D eigenvalue weighted by Gasteiger charge is -2.50. The van der Waals surface area contributed by atoms with E-state index in [0.29, 0.717) is 12.2 Å². The fourth-order valence-electron chi connectivity index (χ4n) is 5.46. The van der Waals surface area contributed by atoms with Crippen molar-refractivity contribution in [2.75, 3.05) is 19.8 Å². The topological polar surface area (TPSA) is 102 Å². The molecule has 4 atom stereocenters. The molecule has 2 aliphatic heterocycles. The normalized spacial score (nSPS) is 26.8. The summed E-state index contributed by atoms with van der Waals surface area (Å²) in [6, 6.07) is 16.1. The van der Waals surface area contributed by atoms with Crippen LogP contribution in [0.3, 0.4) is 0 Å². The molecular weight excluding hydrogens is 492 g/mol. The zero-order chi connectivity index (χ0) is 26.6. The third-order valence-corrected chi connectivity index (χ3v) is 9.67. The van der Waals surface area contributed by atoms with E-state index in [2.05, 4.69) is 0 Å². The van der Waals surface area contributed by atoms with E-state index in [9.17, 15) is 19.2 Å². The number of carboxylic acid groups (broad SMARTS) is 1. The molecule has 0 spiro atoms. The molecule has 2 aromatic rings. The number of ether oxygens (including phenoxy) is 2. The van der Waals surface area contributed by atoms with Gasteiger partial charge in [0.1, 0.15) is 34.4 Å². The number of carboxylic acids is 1. The average Bonchev–Trinajstić information content (AvgIpc) is 3.38. The SMILES string of the molecule is CC(C)(C)[S+]([O-])N(CC(=O)N1[C@H]2C[C@@]2(C)C[C@H]1C(=O)O)C1(c2ccc(Oc3ccccc3)cc2)COC1. The summed E-state index contributed by atoms with van der Waals surface area (Å²) in [5.41, 5.74) is -0.0415. The smallest absolute Gasteiger partial charge is 0.326 e. The Morgan fingerprint density at radius 1 is 1.11 bits per heavy atom. The van der Waals surface area contributed by atoms with Gasteiger partial charge in [-0.05, 0) is 68.9 Å². The summed E-state index contributed by atoms with van der Waals surface area (Å²) in [5, 5.41) is 9.79. The number of amides is 1. The molecule has 1 saturated carbocycles. The summed E-state index contributed by atoms with van der Waals surface area (Å²) in [5.74, 6) is 0.107. The van der Waals surface area contributed by atoms with Gasteiger partial charge in [0.25, 0.3) is 0 Å². The maximum Gasteiger partial charge on any atom is 0.326 e. The third kappa shape index (κ3) is 4.74. The van der Waals surface area contributed by atoms with E-state index in [1.165, 1.54) is 4.90 Å². The van der Waals surface area contributed by atoms with E-state index in [-0.39, 0.29) is 37.1 Å². The Morgan fingerprint density at radius 2 is 1.73 bits per heavy atom. The van der Waals surface area contributed by atoms with Gasteiger partial charge in [0.15, 0.2) is 0 Å². The van der Waals surface area contributed by atoms with Crippen LogP contribution in [0.4, 0.5) is 0 Å². The van der Waals surface area contributed by atoms with Crippen LogP contribution < -0.4 is 4.74 Å². The standard InChI is InChI=1S/C28H34N2O6S/c1-26(2,3)37(34)29(16-24(31)30-22(25(32)33)14-27(4)15-23(27)30)28(17-35-18-28)19-10-12-21(13-11-19)36-20-8-6-5-7-9-20/h5-13,22-23H,14-18H2,1-4H3,(H,32,33)/t22-,23-,27+,37?/m0/s1. The fraction of sp³-hybridized carbons (Fsp3) is 0.500. The third-order valence-electron chi connectivity index (χ3n) is 7.74. The number of fused-ring (bicyclic) bond motifs is 1. The summed E-state index contributed by atoms with van der Waals surface area (Å²) < 4.78 is 26.5. The van der Waals surface area contributed by atoms with Gasteiger partial charge in [-0.3, -0.25) is 4.79 Å². The number of nitrogens with zero attached hydrogens (tertiary/aromatic N) is 2. The van der Waals surface area contributed by atoms with Crippen LogP contribution in [-0.4, -0.2) is 67.3 Å². The first-order chi connectivity index (χ1) is 17.4. The largest absolute Gasteiger partial charge is 0.597 e. The maximum atomic E-state index is 13.9. The van der Waals surface area contributed by atoms with Crippen molar-refractivity contribution < 1.29 is 28.7 Å². The van der Waals surface area contributed by atoms with Crippen molar-refractivity contribution in [1.29, 1.82) is 0 Å². The minimum atomic E-state index is -1.55. The van der Waals surface area contributed by atoms with Crippen LogP contribution in [0, 0.1) is 5.41 Å². The number of likely N-dealkylation sites (tertiary alicyclic amines) is 1. The minimum Gasteiger partial charge on any atom is -0.597 e. The van der Waals surface area contributed by atoms with Crippen LogP contribution in [0.2, 0.25) is 0 Å². The van der Waals surface area contributed by atoms with E-state index in [1.54, 1.807) is 4.31 Å². The number of rotatable bonds is 8. The predicted octanol–water partition coefficient (Wildman–Crippen LogP) is 3.93. The molecule has 3 aliphatic rings. The summed E-state index contributed by atoms with van der Waals surface area (Å²) in [7, 11) is 0. The monoisotopic (exact) mass is 526 g/mol. The van der Waals surface area contributed by atoms with Crippen molar-refractivity contribution in [3.63, 3.8) is 0 Å². The lowest BCUT2D eigenvalue weighted by molar-refractivity contribution is -0.153. The van der Waals surface area contributed by atoms with E-state index < -0.39 is 33.7 Å². The Labute approximate surface area is 220 Å². The van der Waals surface area contributed by atoms with Gasteiger partial charge in [-0.1, -0.05) is 37.3 Å². The molecule has 9 heteroatoms. The highest BCUT2D eigenvalue weighted by Crippen LogP contribution is 2.59. The van der Waals surface area contributed by atoms with Crippen molar-refractivity contribution >= 4 is 23.2 Å². The number of carbonyl (C=O) groups is 2. The Bertz CT molecular complexity index is 1160. The molecule has 1 N–H and O–H groups in total. The van der Waals surface area contributed by atoms with Crippen LogP contribution >= 0.6 is 0 Å². The molecule has 8 nitrogen and oxygen atoms in total. The zero-order valence-corrected chi connectivity index (χ0v) is 22.5. The lowest BCUT2D eigenvalue weighted by atomic mass is 9.87. The Morgan fingerprint density at radius 3 is 2.27 bits per heavy atom. The van der Waals surface area contributed by atoms with Crippen LogP contribution in [0.15, 0.2) is 54.6 Å². The van der Waals surface area contributed by atoms with Gasteiger partial charge in [0, 0.05) is 17.4 Å². The zero-order valence-electron chi connectivity index (χ0n) is 21.7. The second kappa shape index (κ2) is 9.31. The first kappa shape index (κ1) is 26.0. The molecule has 1 aliphatic carbocycles. The van der Waals surface area contributed by atoms with Gasteiger partial charge in [-0.15, -0.1) is 4.31 Å². The van der Waals surface area contributed by atoms with Crippen LogP contribution in [0.25, 0.3) is 0 Å². The average molecular weight is 527 g/mol. The van der Waals surface area contributed by atoms with Gasteiger partial charge >= 0.3 is 5.97 Å². The highest BCUT2D eigenvalue weighted by Gasteiger charge is 2.65. The molecule has 3 fully saturated rings. The summed E-state index contributed by atoms with van der Waals surface area (Å²) in [4.78, 5) is 27.2. The van der Waals surface area contributed by atoms with Gasteiger partial charge < -0.3 is 24.0 Å². The van der Waals surface area contributed by atoms with E-state index >= 15 is 0 Å². The van der Waals surface area contributed by atoms with E-state index in [0.717, 1.165) is 17.7 Å². The molecule has 0 radical (unpaired) electrons. The second-order valence-electron chi connectivity index (χ2n) is 11.6. The molecular formula is C28H34N2O6S. The Hall–Kier alpha value is -2.59. The molecule has 37 heavy (non-hydrogen) atoms. The van der Waals surface area contributed by atoms with Crippen LogP contribution in [0.5, 0.6) is 11.5 Å². The fourth-order valence-corrected chi connectivity index (χ4v) is 6.88.